The van der Waals surface area contributed by atoms with E-state index in [2.05, 4.69) is 10.3 Å². The molecule has 88 valence electrons. The van der Waals surface area contributed by atoms with Crippen molar-refractivity contribution in [3.63, 3.8) is 0 Å². The highest BCUT2D eigenvalue weighted by Crippen LogP contribution is 2.47. The molecule has 2 aliphatic carbocycles. The lowest BCUT2D eigenvalue weighted by Gasteiger charge is -2.41. The topological polar surface area (TPSA) is 74.7 Å². The number of anilines is 2. The van der Waals surface area contributed by atoms with Crippen molar-refractivity contribution < 1.29 is 0 Å². The van der Waals surface area contributed by atoms with Crippen LogP contribution in [-0.4, -0.2) is 11.0 Å². The zero-order chi connectivity index (χ0) is 11.8. The summed E-state index contributed by atoms with van der Waals surface area (Å²) in [5.74, 6) is 2.88. The lowest BCUT2D eigenvalue weighted by Crippen LogP contribution is -2.43. The van der Waals surface area contributed by atoms with Gasteiger partial charge in [-0.3, -0.25) is 0 Å². The van der Waals surface area contributed by atoms with E-state index < -0.39 is 0 Å². The van der Waals surface area contributed by atoms with Gasteiger partial charge in [0.1, 0.15) is 17.7 Å². The minimum absolute atomic E-state index is 0.319. The Morgan fingerprint density at radius 3 is 3.00 bits per heavy atom. The van der Waals surface area contributed by atoms with E-state index in [1.165, 1.54) is 25.7 Å². The first kappa shape index (κ1) is 10.4. The zero-order valence-electron chi connectivity index (χ0n) is 9.69. The summed E-state index contributed by atoms with van der Waals surface area (Å²) in [5.41, 5.74) is 6.15. The van der Waals surface area contributed by atoms with Crippen LogP contribution in [0.15, 0.2) is 12.1 Å². The van der Waals surface area contributed by atoms with Gasteiger partial charge < -0.3 is 11.1 Å². The van der Waals surface area contributed by atoms with Gasteiger partial charge in [0.2, 0.25) is 0 Å². The monoisotopic (exact) mass is 228 g/mol. The minimum Gasteiger partial charge on any atom is -0.383 e. The van der Waals surface area contributed by atoms with Crippen LogP contribution in [-0.2, 0) is 0 Å². The summed E-state index contributed by atoms with van der Waals surface area (Å²) in [5, 5.41) is 12.2. The molecule has 0 saturated heterocycles. The molecule has 0 aliphatic heterocycles. The molecule has 0 amide bonds. The second kappa shape index (κ2) is 3.92. The van der Waals surface area contributed by atoms with Gasteiger partial charge in [-0.2, -0.15) is 5.26 Å². The number of pyridine rings is 1. The molecule has 1 aromatic rings. The molecule has 4 heteroatoms. The summed E-state index contributed by atoms with van der Waals surface area (Å²) >= 11 is 0. The Bertz CT molecular complexity index is 477. The molecule has 3 atom stereocenters. The van der Waals surface area contributed by atoms with E-state index in [9.17, 15) is 0 Å². The van der Waals surface area contributed by atoms with E-state index in [4.69, 9.17) is 11.0 Å². The number of nitriles is 1. The first-order valence-electron chi connectivity index (χ1n) is 6.21. The van der Waals surface area contributed by atoms with Crippen molar-refractivity contribution in [1.82, 2.24) is 4.98 Å². The molecular weight excluding hydrogens is 212 g/mol. The number of nitrogens with two attached hydrogens (primary N) is 1. The average Bonchev–Trinajstić information content (AvgIpc) is 2.68. The summed E-state index contributed by atoms with van der Waals surface area (Å²) < 4.78 is 0. The molecule has 0 radical (unpaired) electrons. The average molecular weight is 228 g/mol. The van der Waals surface area contributed by atoms with Crippen molar-refractivity contribution in [2.45, 2.75) is 31.7 Å². The smallest absolute Gasteiger partial charge is 0.143 e. The fraction of sp³-hybridized carbons (Fsp3) is 0.538. The van der Waals surface area contributed by atoms with Crippen LogP contribution in [0.4, 0.5) is 11.6 Å². The Balaban J connectivity index is 1.70. The Labute approximate surface area is 101 Å². The maximum Gasteiger partial charge on any atom is 0.143 e. The van der Waals surface area contributed by atoms with Gasteiger partial charge >= 0.3 is 0 Å². The Kier molecular flexibility index (Phi) is 2.40. The first-order valence-corrected chi connectivity index (χ1v) is 6.21. The van der Waals surface area contributed by atoms with Crippen molar-refractivity contribution in [2.75, 3.05) is 11.1 Å². The second-order valence-electron chi connectivity index (χ2n) is 5.08. The molecule has 2 fully saturated rings. The van der Waals surface area contributed by atoms with Crippen LogP contribution in [0.2, 0.25) is 0 Å². The Morgan fingerprint density at radius 1 is 1.41 bits per heavy atom. The molecule has 3 N–H and O–H groups in total. The third kappa shape index (κ3) is 1.72. The SMILES string of the molecule is N#Cc1ccc(NC2CC3CCCC32)nc1N. The molecular formula is C13H16N4. The van der Waals surface area contributed by atoms with Crippen LogP contribution < -0.4 is 11.1 Å². The van der Waals surface area contributed by atoms with Gasteiger partial charge in [-0.05, 0) is 36.8 Å². The summed E-state index contributed by atoms with van der Waals surface area (Å²) in [6.45, 7) is 0. The molecule has 2 aliphatic rings. The van der Waals surface area contributed by atoms with Gasteiger partial charge in [0.05, 0.1) is 5.56 Å². The van der Waals surface area contributed by atoms with Crippen molar-refractivity contribution in [3.05, 3.63) is 17.7 Å². The van der Waals surface area contributed by atoms with E-state index in [1.54, 1.807) is 6.07 Å². The molecule has 0 spiro atoms. The van der Waals surface area contributed by atoms with Crippen LogP contribution >= 0.6 is 0 Å². The number of hydrogen-bond donors (Lipinski definition) is 2. The zero-order valence-corrected chi connectivity index (χ0v) is 9.69. The number of fused-ring (bicyclic) bond motifs is 1. The van der Waals surface area contributed by atoms with Crippen molar-refractivity contribution in [3.8, 4) is 6.07 Å². The molecule has 4 nitrogen and oxygen atoms in total. The van der Waals surface area contributed by atoms with Gasteiger partial charge in [-0.1, -0.05) is 12.8 Å². The minimum atomic E-state index is 0.319. The molecule has 0 bridgehead atoms. The van der Waals surface area contributed by atoms with Gasteiger partial charge in [-0.15, -0.1) is 0 Å². The van der Waals surface area contributed by atoms with E-state index in [0.29, 0.717) is 17.4 Å². The Hall–Kier alpha value is -1.76. The van der Waals surface area contributed by atoms with Crippen molar-refractivity contribution in [1.29, 1.82) is 5.26 Å². The van der Waals surface area contributed by atoms with E-state index in [-0.39, 0.29) is 0 Å². The maximum absolute atomic E-state index is 8.78. The number of rotatable bonds is 2. The van der Waals surface area contributed by atoms with Crippen LogP contribution in [0, 0.1) is 23.2 Å². The lowest BCUT2D eigenvalue weighted by molar-refractivity contribution is 0.188. The molecule has 1 aromatic heterocycles. The number of aromatic nitrogens is 1. The number of hydrogen-bond acceptors (Lipinski definition) is 4. The fourth-order valence-corrected chi connectivity index (χ4v) is 3.20. The van der Waals surface area contributed by atoms with Gasteiger partial charge in [0.25, 0.3) is 0 Å². The standard InChI is InChI=1S/C13H16N4/c14-7-9-4-5-12(17-13(9)15)16-11-6-8-2-1-3-10(8)11/h4-5,8,10-11H,1-3,6H2,(H3,15,16,17). The molecule has 2 saturated carbocycles. The summed E-state index contributed by atoms with van der Waals surface area (Å²) in [4.78, 5) is 4.22. The highest BCUT2D eigenvalue weighted by molar-refractivity contribution is 5.54. The predicted octanol–water partition coefficient (Wildman–Crippen LogP) is 2.14. The van der Waals surface area contributed by atoms with Crippen LogP contribution in [0.25, 0.3) is 0 Å². The summed E-state index contributed by atoms with van der Waals surface area (Å²) in [6.07, 6.45) is 5.36. The third-order valence-electron chi connectivity index (χ3n) is 4.17. The quantitative estimate of drug-likeness (QED) is 0.813. The van der Waals surface area contributed by atoms with E-state index in [1.807, 2.05) is 12.1 Å². The predicted molar refractivity (Wildman–Crippen MR) is 66.2 cm³/mol. The molecule has 1 heterocycles. The van der Waals surface area contributed by atoms with Crippen LogP contribution in [0.3, 0.4) is 0 Å². The van der Waals surface area contributed by atoms with E-state index >= 15 is 0 Å². The van der Waals surface area contributed by atoms with E-state index in [0.717, 1.165) is 17.7 Å². The largest absolute Gasteiger partial charge is 0.383 e. The maximum atomic E-state index is 8.78. The highest BCUT2D eigenvalue weighted by atomic mass is 15.1. The van der Waals surface area contributed by atoms with Crippen LogP contribution in [0.5, 0.6) is 0 Å². The normalized spacial score (nSPS) is 30.2. The van der Waals surface area contributed by atoms with Gasteiger partial charge in [-0.25, -0.2) is 4.98 Å². The van der Waals surface area contributed by atoms with Gasteiger partial charge in [0.15, 0.2) is 0 Å². The Morgan fingerprint density at radius 2 is 2.29 bits per heavy atom. The second-order valence-corrected chi connectivity index (χ2v) is 5.08. The number of nitrogen functional groups attached to an aromatic ring is 1. The molecule has 3 rings (SSSR count). The summed E-state index contributed by atoms with van der Waals surface area (Å²) in [6, 6.07) is 6.16. The molecule has 17 heavy (non-hydrogen) atoms. The molecule has 0 aromatic carbocycles. The third-order valence-corrected chi connectivity index (χ3v) is 4.17. The lowest BCUT2D eigenvalue weighted by atomic mass is 9.71. The van der Waals surface area contributed by atoms with Crippen molar-refractivity contribution >= 4 is 11.6 Å². The highest BCUT2D eigenvalue weighted by Gasteiger charge is 2.43. The summed E-state index contributed by atoms with van der Waals surface area (Å²) in [7, 11) is 0. The van der Waals surface area contributed by atoms with Gasteiger partial charge in [0, 0.05) is 6.04 Å². The first-order chi connectivity index (χ1) is 8.28. The van der Waals surface area contributed by atoms with Crippen LogP contribution in [0.1, 0.15) is 31.2 Å². The molecule has 3 unspecified atom stereocenters. The number of nitrogens with one attached hydrogen (secondary N) is 1. The number of nitrogens with zero attached hydrogens (tertiary/aromatic N) is 2. The van der Waals surface area contributed by atoms with Crippen molar-refractivity contribution in [2.24, 2.45) is 11.8 Å². The fourth-order valence-electron chi connectivity index (χ4n) is 3.20.